The zero-order valence-corrected chi connectivity index (χ0v) is 8.71. The lowest BCUT2D eigenvalue weighted by Gasteiger charge is -2.21. The van der Waals surface area contributed by atoms with Gasteiger partial charge in [-0.25, -0.2) is 0 Å². The van der Waals surface area contributed by atoms with E-state index in [1.165, 1.54) is 0 Å². The zero-order valence-electron chi connectivity index (χ0n) is 6.03. The van der Waals surface area contributed by atoms with Gasteiger partial charge in [-0.05, 0) is 24.3 Å². The Labute approximate surface area is 83.0 Å². The summed E-state index contributed by atoms with van der Waals surface area (Å²) in [6, 6.07) is 0. The number of rotatable bonds is 5. The van der Waals surface area contributed by atoms with E-state index in [0.29, 0.717) is 24.3 Å². The summed E-state index contributed by atoms with van der Waals surface area (Å²) in [5, 5.41) is 8.75. The van der Waals surface area contributed by atoms with Gasteiger partial charge in [-0.3, -0.25) is 4.79 Å². The summed E-state index contributed by atoms with van der Waals surface area (Å²) in [5.41, 5.74) is 0. The number of carboxylic acids is 1. The van der Waals surface area contributed by atoms with Gasteiger partial charge in [0, 0.05) is 0 Å². The molecular weight excluding hydrogens is 200 g/mol. The SMILES string of the molecule is O=C(O)C(S)(CCS)CCS. The van der Waals surface area contributed by atoms with E-state index in [4.69, 9.17) is 5.11 Å². The average Bonchev–Trinajstić information content (AvgIpc) is 1.88. The molecule has 0 fully saturated rings. The molecule has 0 aromatic carbocycles. The van der Waals surface area contributed by atoms with Crippen LogP contribution in [0.4, 0.5) is 0 Å². The third kappa shape index (κ3) is 3.62. The largest absolute Gasteiger partial charge is 0.480 e. The molecule has 0 unspecified atom stereocenters. The minimum absolute atomic E-state index is 0.467. The molecule has 0 saturated heterocycles. The minimum Gasteiger partial charge on any atom is -0.480 e. The first-order valence-electron chi connectivity index (χ1n) is 3.24. The Hall–Kier alpha value is 0.520. The number of hydrogen-bond acceptors (Lipinski definition) is 4. The van der Waals surface area contributed by atoms with E-state index in [9.17, 15) is 4.79 Å². The summed E-state index contributed by atoms with van der Waals surface area (Å²) in [6.07, 6.45) is 0.935. The van der Waals surface area contributed by atoms with E-state index >= 15 is 0 Å². The summed E-state index contributed by atoms with van der Waals surface area (Å²) in [7, 11) is 0. The van der Waals surface area contributed by atoms with Crippen LogP contribution in [0.3, 0.4) is 0 Å². The third-order valence-electron chi connectivity index (χ3n) is 1.45. The Morgan fingerprint density at radius 1 is 1.27 bits per heavy atom. The monoisotopic (exact) mass is 212 g/mol. The third-order valence-corrected chi connectivity index (χ3v) is 2.53. The highest BCUT2D eigenvalue weighted by Gasteiger charge is 2.32. The van der Waals surface area contributed by atoms with Crippen LogP contribution >= 0.6 is 37.9 Å². The van der Waals surface area contributed by atoms with Gasteiger partial charge in [0.15, 0.2) is 0 Å². The number of aliphatic carboxylic acids is 1. The normalized spacial score (nSPS) is 11.5. The predicted octanol–water partition coefficient (Wildman–Crippen LogP) is 1.38. The Kier molecular flexibility index (Phi) is 5.46. The summed E-state index contributed by atoms with van der Waals surface area (Å²) < 4.78 is -0.941. The van der Waals surface area contributed by atoms with Crippen molar-refractivity contribution in [1.82, 2.24) is 0 Å². The summed E-state index contributed by atoms with van der Waals surface area (Å²) in [4.78, 5) is 10.7. The van der Waals surface area contributed by atoms with Crippen molar-refractivity contribution in [2.75, 3.05) is 11.5 Å². The summed E-state index contributed by atoms with van der Waals surface area (Å²) in [6.45, 7) is 0. The molecule has 5 heteroatoms. The number of carbonyl (C=O) groups is 1. The van der Waals surface area contributed by atoms with Crippen LogP contribution in [0.25, 0.3) is 0 Å². The first-order chi connectivity index (χ1) is 5.06. The highest BCUT2D eigenvalue weighted by Crippen LogP contribution is 2.25. The summed E-state index contributed by atoms with van der Waals surface area (Å²) >= 11 is 12.0. The van der Waals surface area contributed by atoms with E-state index in [1.807, 2.05) is 0 Å². The molecule has 11 heavy (non-hydrogen) atoms. The molecule has 0 spiro atoms. The maximum Gasteiger partial charge on any atom is 0.319 e. The average molecular weight is 212 g/mol. The molecule has 0 bridgehead atoms. The van der Waals surface area contributed by atoms with Gasteiger partial charge in [-0.15, -0.1) is 0 Å². The number of carboxylic acid groups (broad SMARTS) is 1. The van der Waals surface area contributed by atoms with Crippen molar-refractivity contribution >= 4 is 43.9 Å². The van der Waals surface area contributed by atoms with E-state index in [0.717, 1.165) is 0 Å². The van der Waals surface area contributed by atoms with Gasteiger partial charge in [-0.2, -0.15) is 37.9 Å². The van der Waals surface area contributed by atoms with Gasteiger partial charge in [-0.1, -0.05) is 0 Å². The van der Waals surface area contributed by atoms with Gasteiger partial charge in [0.2, 0.25) is 0 Å². The lowest BCUT2D eigenvalue weighted by Crippen LogP contribution is -2.33. The molecular formula is C6H12O2S3. The van der Waals surface area contributed by atoms with Crippen LogP contribution in [0.15, 0.2) is 0 Å². The number of thiol groups is 3. The Morgan fingerprint density at radius 3 is 1.82 bits per heavy atom. The summed E-state index contributed by atoms with van der Waals surface area (Å²) in [5.74, 6) is 0.177. The van der Waals surface area contributed by atoms with Gasteiger partial charge in [0.05, 0.1) is 0 Å². The molecule has 66 valence electrons. The van der Waals surface area contributed by atoms with Gasteiger partial charge >= 0.3 is 5.97 Å². The van der Waals surface area contributed by atoms with Crippen LogP contribution in [0.2, 0.25) is 0 Å². The molecule has 0 rings (SSSR count). The molecule has 0 atom stereocenters. The molecule has 0 aromatic rings. The molecule has 2 nitrogen and oxygen atoms in total. The topological polar surface area (TPSA) is 37.3 Å². The van der Waals surface area contributed by atoms with E-state index in [1.54, 1.807) is 0 Å². The van der Waals surface area contributed by atoms with Crippen LogP contribution in [0.1, 0.15) is 12.8 Å². The van der Waals surface area contributed by atoms with Gasteiger partial charge in [0.1, 0.15) is 4.75 Å². The molecule has 0 aliphatic carbocycles. The van der Waals surface area contributed by atoms with Crippen LogP contribution < -0.4 is 0 Å². The Morgan fingerprint density at radius 2 is 1.64 bits per heavy atom. The molecule has 0 radical (unpaired) electrons. The molecule has 0 amide bonds. The lowest BCUT2D eigenvalue weighted by molar-refractivity contribution is -0.139. The van der Waals surface area contributed by atoms with Crippen molar-refractivity contribution in [3.8, 4) is 0 Å². The van der Waals surface area contributed by atoms with Crippen molar-refractivity contribution in [2.45, 2.75) is 17.6 Å². The first kappa shape index (κ1) is 11.5. The molecule has 0 aromatic heterocycles. The number of hydrogen-bond donors (Lipinski definition) is 4. The van der Waals surface area contributed by atoms with Gasteiger partial charge < -0.3 is 5.11 Å². The first-order valence-corrected chi connectivity index (χ1v) is 4.95. The van der Waals surface area contributed by atoms with Crippen LogP contribution in [-0.2, 0) is 4.79 Å². The van der Waals surface area contributed by atoms with E-state index in [-0.39, 0.29) is 0 Å². The van der Waals surface area contributed by atoms with Gasteiger partial charge in [0.25, 0.3) is 0 Å². The van der Waals surface area contributed by atoms with Crippen molar-refractivity contribution in [3.63, 3.8) is 0 Å². The van der Waals surface area contributed by atoms with Crippen molar-refractivity contribution < 1.29 is 9.90 Å². The van der Waals surface area contributed by atoms with Crippen molar-refractivity contribution in [2.24, 2.45) is 0 Å². The fraction of sp³-hybridized carbons (Fsp3) is 0.833. The van der Waals surface area contributed by atoms with Crippen LogP contribution in [0.5, 0.6) is 0 Å². The zero-order chi connectivity index (χ0) is 8.91. The Bertz CT molecular complexity index is 132. The van der Waals surface area contributed by atoms with Crippen molar-refractivity contribution in [3.05, 3.63) is 0 Å². The lowest BCUT2D eigenvalue weighted by atomic mass is 10.0. The second kappa shape index (κ2) is 5.22. The molecule has 0 saturated carbocycles. The molecule has 0 aliphatic heterocycles. The second-order valence-corrected chi connectivity index (χ2v) is 4.03. The molecule has 0 aliphatic rings. The standard InChI is InChI=1S/C6H12O2S3/c7-5(8)6(11,1-3-9)2-4-10/h9-11H,1-4H2,(H,7,8). The molecule has 1 N–H and O–H groups in total. The highest BCUT2D eigenvalue weighted by atomic mass is 32.1. The van der Waals surface area contributed by atoms with E-state index < -0.39 is 10.7 Å². The maximum absolute atomic E-state index is 10.7. The minimum atomic E-state index is -0.941. The smallest absolute Gasteiger partial charge is 0.319 e. The predicted molar refractivity (Wildman–Crippen MR) is 56.3 cm³/mol. The second-order valence-electron chi connectivity index (χ2n) is 2.28. The fourth-order valence-electron chi connectivity index (χ4n) is 0.709. The Balaban J connectivity index is 4.13. The van der Waals surface area contributed by atoms with Crippen LogP contribution in [0, 0.1) is 0 Å². The van der Waals surface area contributed by atoms with Crippen LogP contribution in [-0.4, -0.2) is 27.3 Å². The molecule has 0 heterocycles. The quantitative estimate of drug-likeness (QED) is 0.520. The fourth-order valence-corrected chi connectivity index (χ4v) is 2.05. The van der Waals surface area contributed by atoms with E-state index in [2.05, 4.69) is 37.9 Å². The van der Waals surface area contributed by atoms with Crippen molar-refractivity contribution in [1.29, 1.82) is 0 Å². The highest BCUT2D eigenvalue weighted by molar-refractivity contribution is 7.83. The maximum atomic E-state index is 10.7.